The highest BCUT2D eigenvalue weighted by atomic mass is 35.5. The molecular weight excluding hydrogens is 307 g/mol. The first-order chi connectivity index (χ1) is 10.3. The van der Waals surface area contributed by atoms with Gasteiger partial charge in [-0.15, -0.1) is 12.4 Å². The molecule has 22 heavy (non-hydrogen) atoms. The van der Waals surface area contributed by atoms with Crippen molar-refractivity contribution >= 4 is 23.4 Å². The van der Waals surface area contributed by atoms with Crippen molar-refractivity contribution in [3.63, 3.8) is 0 Å². The number of halogens is 2. The summed E-state index contributed by atoms with van der Waals surface area (Å²) in [5.74, 6) is 0.302. The normalized spacial score (nSPS) is 31.0. The molecule has 1 aliphatic heterocycles. The Balaban J connectivity index is 0.00000144. The number of fused-ring (bicyclic) bond motifs is 3. The van der Waals surface area contributed by atoms with E-state index in [0.717, 1.165) is 25.9 Å². The van der Waals surface area contributed by atoms with Crippen molar-refractivity contribution < 1.29 is 9.13 Å². The molecule has 2 fully saturated rings. The maximum Gasteiger partial charge on any atom is 0.131 e. The minimum atomic E-state index is -0.593. The topological polar surface area (TPSA) is 62.8 Å². The van der Waals surface area contributed by atoms with E-state index in [9.17, 15) is 4.39 Å². The second-order valence-corrected chi connectivity index (χ2v) is 6.09. The van der Waals surface area contributed by atoms with E-state index in [2.05, 4.69) is 20.7 Å². The van der Waals surface area contributed by atoms with Crippen molar-refractivity contribution in [1.82, 2.24) is 20.7 Å². The van der Waals surface area contributed by atoms with Crippen LogP contribution in [-0.4, -0.2) is 35.6 Å². The van der Waals surface area contributed by atoms with Crippen molar-refractivity contribution in [3.8, 4) is 0 Å². The molecule has 2 aliphatic rings. The van der Waals surface area contributed by atoms with Gasteiger partial charge < -0.3 is 10.1 Å². The third-order valence-electron chi connectivity index (χ3n) is 5.27. The van der Waals surface area contributed by atoms with Crippen molar-refractivity contribution in [3.05, 3.63) is 23.5 Å². The molecule has 1 aromatic heterocycles. The summed E-state index contributed by atoms with van der Waals surface area (Å²) in [5.41, 5.74) is 1.30. The number of ether oxygens (including phenoxy) is 1. The Bertz CT molecular complexity index is 655. The number of H-pyrrole nitrogens is 1. The van der Waals surface area contributed by atoms with Crippen LogP contribution in [0.4, 0.5) is 4.39 Å². The summed E-state index contributed by atoms with van der Waals surface area (Å²) in [5, 5.41) is 14.4. The summed E-state index contributed by atoms with van der Waals surface area (Å²) < 4.78 is 20.8. The van der Waals surface area contributed by atoms with Crippen molar-refractivity contribution in [1.29, 1.82) is 0 Å². The van der Waals surface area contributed by atoms with Gasteiger partial charge in [-0.3, -0.25) is 0 Å². The Hall–Kier alpha value is -1.24. The number of aromatic nitrogens is 3. The summed E-state index contributed by atoms with van der Waals surface area (Å²) in [6, 6.07) is 3.15. The Morgan fingerprint density at radius 1 is 1.23 bits per heavy atom. The standard InChI is InChI=1S/C15H19FN4O.ClH/c1-21-15(9-3-2-4-10(15)8-17-7-9)13-11(16)5-6-12-14(13)19-20-18-12;/h5-6,9-10,17H,2-4,7-8H2,1H3,(H,18,19,20);1H. The highest BCUT2D eigenvalue weighted by molar-refractivity contribution is 5.85. The zero-order valence-electron chi connectivity index (χ0n) is 12.4. The molecule has 2 N–H and O–H groups in total. The van der Waals surface area contributed by atoms with Gasteiger partial charge in [-0.2, -0.15) is 15.4 Å². The number of nitrogens with zero attached hydrogens (tertiary/aromatic N) is 2. The Morgan fingerprint density at radius 2 is 1.95 bits per heavy atom. The Morgan fingerprint density at radius 3 is 2.64 bits per heavy atom. The molecule has 1 aliphatic carbocycles. The van der Waals surface area contributed by atoms with E-state index in [1.54, 1.807) is 13.2 Å². The van der Waals surface area contributed by atoms with Crippen LogP contribution in [-0.2, 0) is 10.3 Å². The molecule has 0 radical (unpaired) electrons. The van der Waals surface area contributed by atoms with Gasteiger partial charge in [0.1, 0.15) is 22.5 Å². The summed E-state index contributed by atoms with van der Waals surface area (Å²) in [6.45, 7) is 1.72. The van der Waals surface area contributed by atoms with Gasteiger partial charge >= 0.3 is 0 Å². The lowest BCUT2D eigenvalue weighted by Gasteiger charge is -2.52. The van der Waals surface area contributed by atoms with Crippen LogP contribution in [0.15, 0.2) is 12.1 Å². The van der Waals surface area contributed by atoms with Gasteiger partial charge in [-0.1, -0.05) is 6.42 Å². The number of rotatable bonds is 2. The lowest BCUT2D eigenvalue weighted by molar-refractivity contribution is -0.145. The quantitative estimate of drug-likeness (QED) is 0.889. The first kappa shape index (κ1) is 15.6. The third-order valence-corrected chi connectivity index (χ3v) is 5.27. The van der Waals surface area contributed by atoms with E-state index in [4.69, 9.17) is 4.74 Å². The van der Waals surface area contributed by atoms with Crippen LogP contribution in [0.1, 0.15) is 24.8 Å². The average Bonchev–Trinajstić information content (AvgIpc) is 2.94. The predicted molar refractivity (Wildman–Crippen MR) is 83.5 cm³/mol. The largest absolute Gasteiger partial charge is 0.373 e. The first-order valence-corrected chi connectivity index (χ1v) is 7.52. The number of hydrogen-bond donors (Lipinski definition) is 2. The molecule has 2 heterocycles. The van der Waals surface area contributed by atoms with Gasteiger partial charge in [0.25, 0.3) is 0 Å². The van der Waals surface area contributed by atoms with E-state index in [0.29, 0.717) is 16.6 Å². The molecule has 1 aromatic carbocycles. The minimum absolute atomic E-state index is 0. The van der Waals surface area contributed by atoms with Crippen molar-refractivity contribution in [2.75, 3.05) is 20.2 Å². The first-order valence-electron chi connectivity index (χ1n) is 7.52. The minimum Gasteiger partial charge on any atom is -0.373 e. The molecule has 120 valence electrons. The van der Waals surface area contributed by atoms with E-state index in [-0.39, 0.29) is 30.1 Å². The fraction of sp³-hybridized carbons (Fsp3) is 0.600. The van der Waals surface area contributed by atoms with Crippen LogP contribution < -0.4 is 5.32 Å². The molecule has 0 amide bonds. The maximum atomic E-state index is 14.7. The number of aromatic amines is 1. The third kappa shape index (κ3) is 1.97. The van der Waals surface area contributed by atoms with E-state index in [1.807, 2.05) is 0 Å². The van der Waals surface area contributed by atoms with Crippen LogP contribution in [0, 0.1) is 17.7 Å². The molecule has 4 rings (SSSR count). The monoisotopic (exact) mass is 326 g/mol. The average molecular weight is 327 g/mol. The van der Waals surface area contributed by atoms with E-state index in [1.165, 1.54) is 12.5 Å². The Kier molecular flexibility index (Phi) is 4.09. The van der Waals surface area contributed by atoms with E-state index < -0.39 is 5.60 Å². The van der Waals surface area contributed by atoms with Gasteiger partial charge in [0.2, 0.25) is 0 Å². The lowest BCUT2D eigenvalue weighted by Crippen LogP contribution is -2.58. The number of benzene rings is 1. The smallest absolute Gasteiger partial charge is 0.131 e. The zero-order valence-corrected chi connectivity index (χ0v) is 13.3. The van der Waals surface area contributed by atoms with Gasteiger partial charge in [0.05, 0.1) is 5.56 Å². The molecule has 1 saturated carbocycles. The van der Waals surface area contributed by atoms with Crippen LogP contribution in [0.5, 0.6) is 0 Å². The molecular formula is C15H20ClFN4O. The van der Waals surface area contributed by atoms with Gasteiger partial charge in [-0.25, -0.2) is 4.39 Å². The van der Waals surface area contributed by atoms with Crippen molar-refractivity contribution in [2.45, 2.75) is 24.9 Å². The fourth-order valence-electron chi connectivity index (χ4n) is 4.42. The molecule has 1 saturated heterocycles. The van der Waals surface area contributed by atoms with Crippen LogP contribution >= 0.6 is 12.4 Å². The number of nitrogens with one attached hydrogen (secondary N) is 2. The predicted octanol–water partition coefficient (Wildman–Crippen LogP) is 2.38. The second-order valence-electron chi connectivity index (χ2n) is 6.09. The van der Waals surface area contributed by atoms with Crippen LogP contribution in [0.2, 0.25) is 0 Å². The highest BCUT2D eigenvalue weighted by Crippen LogP contribution is 2.51. The fourth-order valence-corrected chi connectivity index (χ4v) is 4.42. The second kappa shape index (κ2) is 5.76. The molecule has 2 bridgehead atoms. The van der Waals surface area contributed by atoms with Crippen molar-refractivity contribution in [2.24, 2.45) is 11.8 Å². The van der Waals surface area contributed by atoms with Crippen LogP contribution in [0.3, 0.4) is 0 Å². The van der Waals surface area contributed by atoms with Gasteiger partial charge in [0, 0.05) is 32.0 Å². The van der Waals surface area contributed by atoms with Crippen LogP contribution in [0.25, 0.3) is 11.0 Å². The number of piperidine rings is 1. The summed E-state index contributed by atoms with van der Waals surface area (Å²) >= 11 is 0. The summed E-state index contributed by atoms with van der Waals surface area (Å²) in [7, 11) is 1.70. The van der Waals surface area contributed by atoms with Gasteiger partial charge in [-0.05, 0) is 25.0 Å². The molecule has 5 nitrogen and oxygen atoms in total. The molecule has 0 spiro atoms. The molecule has 2 unspecified atom stereocenters. The number of methoxy groups -OCH3 is 1. The maximum absolute atomic E-state index is 14.7. The van der Waals surface area contributed by atoms with Gasteiger partial charge in [0.15, 0.2) is 0 Å². The Labute approximate surface area is 134 Å². The summed E-state index contributed by atoms with van der Waals surface area (Å²) in [6.07, 6.45) is 3.27. The molecule has 2 aromatic rings. The molecule has 2 atom stereocenters. The molecule has 7 heteroatoms. The number of hydrogen-bond acceptors (Lipinski definition) is 4. The SMILES string of the molecule is COC1(c2c(F)ccc3n[nH]nc23)C2CCCC1CNC2.Cl. The highest BCUT2D eigenvalue weighted by Gasteiger charge is 2.53. The summed E-state index contributed by atoms with van der Waals surface area (Å²) in [4.78, 5) is 0. The zero-order chi connectivity index (χ0) is 14.4. The van der Waals surface area contributed by atoms with E-state index >= 15 is 0 Å². The lowest BCUT2D eigenvalue weighted by atomic mass is 9.62.